The van der Waals surface area contributed by atoms with Crippen LogP contribution in [0.25, 0.3) is 0 Å². The minimum absolute atomic E-state index is 0.257. The minimum atomic E-state index is -1.67. The summed E-state index contributed by atoms with van der Waals surface area (Å²) in [6.45, 7) is 0. The monoisotopic (exact) mass is 113 g/mol. The topological polar surface area (TPSA) is 63.3 Å². The van der Waals surface area contributed by atoms with Crippen LogP contribution in [-0.2, 0) is 4.79 Å². The molecule has 3 nitrogen and oxygen atoms in total. The fourth-order valence-electron chi connectivity index (χ4n) is 0.602. The van der Waals surface area contributed by atoms with Crippen LogP contribution in [0.15, 0.2) is 12.2 Å². The number of ketones is 1. The molecule has 0 aromatic heterocycles. The Kier molecular flexibility index (Phi) is 0.957. The molecular formula is C5H7NO2. The van der Waals surface area contributed by atoms with Crippen molar-refractivity contribution in [3.05, 3.63) is 12.2 Å². The Balaban J connectivity index is 2.82. The number of allylic oxidation sites excluding steroid dienone is 1. The molecule has 1 rings (SSSR count). The van der Waals surface area contributed by atoms with Gasteiger partial charge in [-0.15, -0.1) is 0 Å². The van der Waals surface area contributed by atoms with Gasteiger partial charge in [-0.3, -0.25) is 10.5 Å². The highest BCUT2D eigenvalue weighted by atomic mass is 16.3. The van der Waals surface area contributed by atoms with Crippen LogP contribution in [0.2, 0.25) is 0 Å². The summed E-state index contributed by atoms with van der Waals surface area (Å²) >= 11 is 0. The first-order valence-electron chi connectivity index (χ1n) is 2.35. The zero-order valence-electron chi connectivity index (χ0n) is 4.29. The highest BCUT2D eigenvalue weighted by Crippen LogP contribution is 2.10. The van der Waals surface area contributed by atoms with E-state index in [0.29, 0.717) is 0 Å². The summed E-state index contributed by atoms with van der Waals surface area (Å²) in [7, 11) is 0. The van der Waals surface area contributed by atoms with Crippen molar-refractivity contribution in [2.24, 2.45) is 5.73 Å². The summed E-state index contributed by atoms with van der Waals surface area (Å²) in [5, 5.41) is 8.80. The molecule has 0 amide bonds. The molecule has 0 aliphatic heterocycles. The van der Waals surface area contributed by atoms with Gasteiger partial charge in [-0.05, 0) is 6.08 Å². The van der Waals surface area contributed by atoms with Crippen LogP contribution in [-0.4, -0.2) is 16.6 Å². The lowest BCUT2D eigenvalue weighted by Gasteiger charge is -2.09. The summed E-state index contributed by atoms with van der Waals surface area (Å²) in [5.41, 5.74) is 3.37. The van der Waals surface area contributed by atoms with Crippen LogP contribution in [0, 0.1) is 0 Å². The first kappa shape index (κ1) is 5.47. The van der Waals surface area contributed by atoms with Gasteiger partial charge in [-0.25, -0.2) is 0 Å². The maximum absolute atomic E-state index is 10.5. The molecule has 1 atom stereocenters. The van der Waals surface area contributed by atoms with E-state index in [9.17, 15) is 4.79 Å². The largest absolute Gasteiger partial charge is 0.366 e. The Hall–Kier alpha value is -0.670. The maximum Gasteiger partial charge on any atom is 0.193 e. The molecule has 1 unspecified atom stereocenters. The summed E-state index contributed by atoms with van der Waals surface area (Å²) in [6, 6.07) is 0. The molecule has 44 valence electrons. The lowest BCUT2D eigenvalue weighted by molar-refractivity contribution is -0.130. The average Bonchev–Trinajstić information content (AvgIpc) is 1.86. The van der Waals surface area contributed by atoms with Gasteiger partial charge in [0.05, 0.1) is 0 Å². The molecule has 0 radical (unpaired) electrons. The molecule has 3 N–H and O–H groups in total. The van der Waals surface area contributed by atoms with Gasteiger partial charge in [0.25, 0.3) is 0 Å². The molecule has 1 aliphatic carbocycles. The lowest BCUT2D eigenvalue weighted by atomic mass is 10.2. The van der Waals surface area contributed by atoms with E-state index < -0.39 is 5.72 Å². The summed E-state index contributed by atoms with van der Waals surface area (Å²) in [6.07, 6.45) is 3.12. The van der Waals surface area contributed by atoms with Crippen molar-refractivity contribution in [2.45, 2.75) is 12.1 Å². The van der Waals surface area contributed by atoms with Crippen LogP contribution in [0.4, 0.5) is 0 Å². The summed E-state index contributed by atoms with van der Waals surface area (Å²) < 4.78 is 0. The molecule has 0 spiro atoms. The fourth-order valence-corrected chi connectivity index (χ4v) is 0.602. The van der Waals surface area contributed by atoms with Gasteiger partial charge in [0, 0.05) is 6.42 Å². The van der Waals surface area contributed by atoms with Gasteiger partial charge in [0.1, 0.15) is 0 Å². The van der Waals surface area contributed by atoms with Crippen LogP contribution in [0.1, 0.15) is 6.42 Å². The number of nitrogens with two attached hydrogens (primary N) is 1. The van der Waals surface area contributed by atoms with Crippen molar-refractivity contribution in [3.63, 3.8) is 0 Å². The Bertz CT molecular complexity index is 149. The molecule has 0 aromatic carbocycles. The van der Waals surface area contributed by atoms with E-state index in [4.69, 9.17) is 10.8 Å². The zero-order valence-corrected chi connectivity index (χ0v) is 4.29. The first-order chi connectivity index (χ1) is 3.63. The van der Waals surface area contributed by atoms with Crippen LogP contribution < -0.4 is 5.73 Å². The molecule has 0 aromatic rings. The van der Waals surface area contributed by atoms with E-state index in [0.717, 1.165) is 0 Å². The Labute approximate surface area is 46.8 Å². The summed E-state index contributed by atoms with van der Waals surface area (Å²) in [4.78, 5) is 10.5. The van der Waals surface area contributed by atoms with Gasteiger partial charge in [-0.1, -0.05) is 6.08 Å². The average molecular weight is 113 g/mol. The van der Waals surface area contributed by atoms with E-state index in [1.807, 2.05) is 0 Å². The molecule has 1 aliphatic rings. The van der Waals surface area contributed by atoms with Crippen molar-refractivity contribution < 1.29 is 9.90 Å². The van der Waals surface area contributed by atoms with Crippen molar-refractivity contribution in [1.82, 2.24) is 0 Å². The van der Waals surface area contributed by atoms with Crippen LogP contribution in [0.3, 0.4) is 0 Å². The Morgan fingerprint density at radius 3 is 2.62 bits per heavy atom. The zero-order chi connectivity index (χ0) is 6.20. The molecule has 0 saturated heterocycles. The molecular weight excluding hydrogens is 106 g/mol. The highest BCUT2D eigenvalue weighted by molar-refractivity contribution is 5.92. The Morgan fingerprint density at radius 2 is 2.50 bits per heavy atom. The SMILES string of the molecule is NC1(O)C=CCC1=O. The van der Waals surface area contributed by atoms with Gasteiger partial charge < -0.3 is 5.11 Å². The number of carbonyl (C=O) groups excluding carboxylic acids is 1. The second kappa shape index (κ2) is 1.40. The second-order valence-corrected chi connectivity index (χ2v) is 1.86. The number of Topliss-reactive ketones (excluding diaryl/α,β-unsaturated/α-hetero) is 1. The van der Waals surface area contributed by atoms with E-state index in [1.165, 1.54) is 6.08 Å². The molecule has 0 fully saturated rings. The van der Waals surface area contributed by atoms with E-state index in [-0.39, 0.29) is 12.2 Å². The summed E-state index contributed by atoms with van der Waals surface area (Å²) in [5.74, 6) is -0.336. The smallest absolute Gasteiger partial charge is 0.193 e. The first-order valence-corrected chi connectivity index (χ1v) is 2.35. The van der Waals surface area contributed by atoms with Crippen molar-refractivity contribution in [2.75, 3.05) is 0 Å². The predicted octanol–water partition coefficient (Wildman–Crippen LogP) is -0.837. The molecule has 0 saturated carbocycles. The lowest BCUT2D eigenvalue weighted by Crippen LogP contribution is -2.42. The number of aliphatic hydroxyl groups is 1. The van der Waals surface area contributed by atoms with Crippen LogP contribution in [0.5, 0.6) is 0 Å². The van der Waals surface area contributed by atoms with E-state index in [1.54, 1.807) is 6.08 Å². The van der Waals surface area contributed by atoms with Crippen molar-refractivity contribution in [1.29, 1.82) is 0 Å². The van der Waals surface area contributed by atoms with E-state index in [2.05, 4.69) is 0 Å². The number of rotatable bonds is 0. The standard InChI is InChI=1S/C5H7NO2/c6-5(8)3-1-2-4(5)7/h1,3,8H,2,6H2. The third-order valence-electron chi connectivity index (χ3n) is 1.12. The molecule has 0 bridgehead atoms. The number of carbonyl (C=O) groups is 1. The molecule has 3 heteroatoms. The quantitative estimate of drug-likeness (QED) is 0.318. The highest BCUT2D eigenvalue weighted by Gasteiger charge is 2.30. The second-order valence-electron chi connectivity index (χ2n) is 1.86. The minimum Gasteiger partial charge on any atom is -0.366 e. The van der Waals surface area contributed by atoms with Gasteiger partial charge in [0.15, 0.2) is 11.5 Å². The van der Waals surface area contributed by atoms with Gasteiger partial charge in [-0.2, -0.15) is 0 Å². The van der Waals surface area contributed by atoms with Gasteiger partial charge >= 0.3 is 0 Å². The third kappa shape index (κ3) is 0.657. The number of hydrogen-bond donors (Lipinski definition) is 2. The van der Waals surface area contributed by atoms with Crippen LogP contribution >= 0.6 is 0 Å². The number of hydrogen-bond acceptors (Lipinski definition) is 3. The van der Waals surface area contributed by atoms with E-state index >= 15 is 0 Å². The predicted molar refractivity (Wildman–Crippen MR) is 27.9 cm³/mol. The fraction of sp³-hybridized carbons (Fsp3) is 0.400. The third-order valence-corrected chi connectivity index (χ3v) is 1.12. The molecule has 0 heterocycles. The normalized spacial score (nSPS) is 36.5. The maximum atomic E-state index is 10.5. The van der Waals surface area contributed by atoms with Crippen molar-refractivity contribution >= 4 is 5.78 Å². The molecule has 8 heavy (non-hydrogen) atoms. The van der Waals surface area contributed by atoms with Crippen molar-refractivity contribution in [3.8, 4) is 0 Å². The Morgan fingerprint density at radius 1 is 1.88 bits per heavy atom. The van der Waals surface area contributed by atoms with Gasteiger partial charge in [0.2, 0.25) is 0 Å².